The Balaban J connectivity index is 2.17. The minimum atomic E-state index is -0.339. The first-order valence-electron chi connectivity index (χ1n) is 9.06. The minimum absolute atomic E-state index is 0.339. The van der Waals surface area contributed by atoms with Crippen LogP contribution in [0.4, 0.5) is 4.79 Å². The second-order valence-electron chi connectivity index (χ2n) is 6.14. The molecule has 2 rings (SSSR count). The van der Waals surface area contributed by atoms with E-state index in [1.807, 2.05) is 32.2 Å². The van der Waals surface area contributed by atoms with Gasteiger partial charge in [0.05, 0.1) is 17.3 Å². The molecule has 0 saturated heterocycles. The molecule has 0 aliphatic heterocycles. The molecule has 0 saturated carbocycles. The van der Waals surface area contributed by atoms with Gasteiger partial charge in [0.15, 0.2) is 0 Å². The molecule has 1 aromatic heterocycles. The molecule has 0 bridgehead atoms. The van der Waals surface area contributed by atoms with Crippen molar-refractivity contribution in [2.75, 3.05) is 13.2 Å². The van der Waals surface area contributed by atoms with Gasteiger partial charge in [0, 0.05) is 18.9 Å². The Hall–Kier alpha value is -1.81. The molecule has 25 heavy (non-hydrogen) atoms. The van der Waals surface area contributed by atoms with E-state index in [0.29, 0.717) is 24.1 Å². The molecule has 0 radical (unpaired) electrons. The lowest BCUT2D eigenvalue weighted by atomic mass is 9.92. The predicted octanol–water partition coefficient (Wildman–Crippen LogP) is 5.30. The van der Waals surface area contributed by atoms with Crippen molar-refractivity contribution in [1.29, 1.82) is 0 Å². The number of rotatable bonds is 6. The number of pyridine rings is 1. The Kier molecular flexibility index (Phi) is 7.99. The highest BCUT2D eigenvalue weighted by atomic mass is 35.5. The van der Waals surface area contributed by atoms with Gasteiger partial charge in [-0.2, -0.15) is 0 Å². The van der Waals surface area contributed by atoms with E-state index < -0.39 is 0 Å². The number of carbonyl (C=O) groups is 1. The van der Waals surface area contributed by atoms with E-state index in [2.05, 4.69) is 17.1 Å². The summed E-state index contributed by atoms with van der Waals surface area (Å²) in [4.78, 5) is 18.1. The number of nitrogens with zero attached hydrogens (tertiary/aromatic N) is 2. The van der Waals surface area contributed by atoms with E-state index in [-0.39, 0.29) is 6.09 Å². The number of aromatic nitrogens is 1. The molecular weight excluding hydrogens is 336 g/mol. The maximum Gasteiger partial charge on any atom is 0.414 e. The van der Waals surface area contributed by atoms with E-state index in [0.717, 1.165) is 37.8 Å². The van der Waals surface area contributed by atoms with E-state index in [9.17, 15) is 4.79 Å². The van der Waals surface area contributed by atoms with Crippen molar-refractivity contribution in [1.82, 2.24) is 9.88 Å². The Bertz CT molecular complexity index is 613. The predicted molar refractivity (Wildman–Crippen MR) is 101 cm³/mol. The van der Waals surface area contributed by atoms with Crippen molar-refractivity contribution in [3.63, 3.8) is 0 Å². The summed E-state index contributed by atoms with van der Waals surface area (Å²) in [6.07, 6.45) is 12.6. The van der Waals surface area contributed by atoms with Crippen LogP contribution in [0.2, 0.25) is 0 Å². The fourth-order valence-corrected chi connectivity index (χ4v) is 3.32. The number of likely N-dealkylation sites (N-methyl/N-ethyl adjacent to an activating group) is 1. The van der Waals surface area contributed by atoms with Gasteiger partial charge in [-0.3, -0.25) is 9.88 Å². The van der Waals surface area contributed by atoms with Gasteiger partial charge in [-0.1, -0.05) is 29.8 Å². The number of hydrogen-bond acceptors (Lipinski definition) is 3. The normalized spacial score (nSPS) is 17.8. The highest BCUT2D eigenvalue weighted by Gasteiger charge is 2.22. The van der Waals surface area contributed by atoms with Gasteiger partial charge < -0.3 is 4.74 Å². The molecule has 1 aliphatic rings. The highest BCUT2D eigenvalue weighted by Crippen LogP contribution is 2.29. The maximum absolute atomic E-state index is 12.3. The van der Waals surface area contributed by atoms with Crippen LogP contribution in [0.3, 0.4) is 0 Å². The summed E-state index contributed by atoms with van der Waals surface area (Å²) < 4.78 is 5.19. The van der Waals surface area contributed by atoms with Crippen LogP contribution >= 0.6 is 11.6 Å². The third kappa shape index (κ3) is 5.89. The Morgan fingerprint density at radius 1 is 1.44 bits per heavy atom. The summed E-state index contributed by atoms with van der Waals surface area (Å²) in [6, 6.07) is 4.07. The van der Waals surface area contributed by atoms with Gasteiger partial charge in [-0.15, -0.1) is 0 Å². The summed E-state index contributed by atoms with van der Waals surface area (Å²) in [7, 11) is 0. The largest absolute Gasteiger partial charge is 0.449 e. The van der Waals surface area contributed by atoms with Crippen LogP contribution in [-0.2, 0) is 11.2 Å². The molecule has 5 heteroatoms. The molecular formula is C20H27ClN2O2. The number of carbonyl (C=O) groups excluding carboxylic acids is 1. The quantitative estimate of drug-likeness (QED) is 0.689. The van der Waals surface area contributed by atoms with Crippen molar-refractivity contribution in [2.45, 2.75) is 46.0 Å². The van der Waals surface area contributed by atoms with Crippen molar-refractivity contribution in [3.8, 4) is 0 Å². The second kappa shape index (κ2) is 10.2. The minimum Gasteiger partial charge on any atom is -0.449 e. The third-order valence-corrected chi connectivity index (χ3v) is 4.71. The Morgan fingerprint density at radius 3 is 2.96 bits per heavy atom. The summed E-state index contributed by atoms with van der Waals surface area (Å²) in [5.41, 5.74) is 2.01. The first-order chi connectivity index (χ1) is 12.2. The van der Waals surface area contributed by atoms with Crippen LogP contribution in [0.1, 0.15) is 45.1 Å². The zero-order chi connectivity index (χ0) is 18.1. The first kappa shape index (κ1) is 19.5. The zero-order valence-corrected chi connectivity index (χ0v) is 15.8. The van der Waals surface area contributed by atoms with Gasteiger partial charge in [0.1, 0.15) is 0 Å². The van der Waals surface area contributed by atoms with Crippen molar-refractivity contribution in [2.24, 2.45) is 5.92 Å². The van der Waals surface area contributed by atoms with Crippen LogP contribution in [0, 0.1) is 5.92 Å². The van der Waals surface area contributed by atoms with E-state index in [1.54, 1.807) is 11.1 Å². The van der Waals surface area contributed by atoms with E-state index in [1.165, 1.54) is 5.56 Å². The smallest absolute Gasteiger partial charge is 0.414 e. The van der Waals surface area contributed by atoms with Gasteiger partial charge in [0.2, 0.25) is 0 Å². The lowest BCUT2D eigenvalue weighted by Crippen LogP contribution is -2.31. The third-order valence-electron chi connectivity index (χ3n) is 4.36. The Morgan fingerprint density at radius 2 is 2.28 bits per heavy atom. The number of amides is 1. The molecule has 1 unspecified atom stereocenters. The summed E-state index contributed by atoms with van der Waals surface area (Å²) in [6.45, 7) is 4.64. The molecule has 0 N–H and O–H groups in total. The van der Waals surface area contributed by atoms with Gasteiger partial charge in [-0.25, -0.2) is 4.79 Å². The second-order valence-corrected chi connectivity index (χ2v) is 6.55. The Labute approximate surface area is 155 Å². The average Bonchev–Trinajstić information content (AvgIpc) is 2.61. The van der Waals surface area contributed by atoms with E-state index in [4.69, 9.17) is 16.3 Å². The van der Waals surface area contributed by atoms with Crippen LogP contribution in [0.15, 0.2) is 47.4 Å². The van der Waals surface area contributed by atoms with Crippen LogP contribution in [-0.4, -0.2) is 29.1 Å². The molecule has 0 fully saturated rings. The van der Waals surface area contributed by atoms with Crippen molar-refractivity contribution < 1.29 is 9.53 Å². The fourth-order valence-electron chi connectivity index (χ4n) is 3.04. The molecule has 1 atom stereocenters. The molecule has 1 amide bonds. The summed E-state index contributed by atoms with van der Waals surface area (Å²) >= 11 is 6.49. The zero-order valence-electron chi connectivity index (χ0n) is 15.1. The number of allylic oxidation sites excluding steroid dienone is 3. The van der Waals surface area contributed by atoms with Gasteiger partial charge in [0.25, 0.3) is 0 Å². The lowest BCUT2D eigenvalue weighted by Gasteiger charge is -2.26. The molecule has 1 aliphatic carbocycles. The summed E-state index contributed by atoms with van der Waals surface area (Å²) in [5.74, 6) is 0.376. The number of halogens is 1. The highest BCUT2D eigenvalue weighted by molar-refractivity contribution is 6.32. The average molecular weight is 363 g/mol. The topological polar surface area (TPSA) is 42.4 Å². The van der Waals surface area contributed by atoms with Gasteiger partial charge in [-0.05, 0) is 63.5 Å². The first-order valence-corrected chi connectivity index (χ1v) is 9.44. The number of aryl methyl sites for hydroxylation is 1. The number of ether oxygens (including phenoxy) is 1. The van der Waals surface area contributed by atoms with Crippen LogP contribution in [0.5, 0.6) is 0 Å². The van der Waals surface area contributed by atoms with Gasteiger partial charge >= 0.3 is 6.09 Å². The molecule has 136 valence electrons. The van der Waals surface area contributed by atoms with Crippen LogP contribution < -0.4 is 0 Å². The van der Waals surface area contributed by atoms with Crippen molar-refractivity contribution in [3.05, 3.63) is 53.0 Å². The number of hydrogen-bond donors (Lipinski definition) is 0. The van der Waals surface area contributed by atoms with E-state index >= 15 is 0 Å². The SMILES string of the molecule is CCOC(=O)N(CC)C1=CC(CCc2cccnc2)CCCC=C1Cl. The lowest BCUT2D eigenvalue weighted by molar-refractivity contribution is 0.121. The molecule has 1 aromatic rings. The maximum atomic E-state index is 12.3. The molecule has 0 aromatic carbocycles. The monoisotopic (exact) mass is 362 g/mol. The fraction of sp³-hybridized carbons (Fsp3) is 0.500. The molecule has 1 heterocycles. The van der Waals surface area contributed by atoms with Crippen molar-refractivity contribution >= 4 is 17.7 Å². The standard InChI is InChI=1S/C20H27ClN2O2/c1-3-23(20(24)25-4-2)19-14-16(8-5-6-10-18(19)21)11-12-17-9-7-13-22-15-17/h7,9-10,13-16H,3-6,8,11-12H2,1-2H3. The summed E-state index contributed by atoms with van der Waals surface area (Å²) in [5, 5.41) is 0.640. The molecule has 0 spiro atoms. The molecule has 4 nitrogen and oxygen atoms in total. The van der Waals surface area contributed by atoms with Crippen LogP contribution in [0.25, 0.3) is 0 Å².